The predicted molar refractivity (Wildman–Crippen MR) is 85.0 cm³/mol. The quantitative estimate of drug-likeness (QED) is 0.884. The van der Waals surface area contributed by atoms with E-state index in [0.717, 1.165) is 24.2 Å². The zero-order valence-electron chi connectivity index (χ0n) is 12.5. The summed E-state index contributed by atoms with van der Waals surface area (Å²) in [5, 5.41) is 9.81. The normalized spacial score (nSPS) is 12.2. The number of rotatable bonds is 5. The summed E-state index contributed by atoms with van der Waals surface area (Å²) >= 11 is 0. The lowest BCUT2D eigenvalue weighted by Crippen LogP contribution is -2.16. The Balaban J connectivity index is 2.05. The van der Waals surface area contributed by atoms with Gasteiger partial charge in [-0.1, -0.05) is 48.9 Å². The fraction of sp³-hybridized carbons (Fsp3) is 0.333. The lowest BCUT2D eigenvalue weighted by Gasteiger charge is -2.20. The molecule has 0 unspecified atom stereocenters. The Bertz CT molecular complexity index is 530. The third-order valence-electron chi connectivity index (χ3n) is 3.65. The highest BCUT2D eigenvalue weighted by Gasteiger charge is 2.06. The topological polar surface area (TPSA) is 23.5 Å². The van der Waals surface area contributed by atoms with E-state index >= 15 is 0 Å². The van der Waals surface area contributed by atoms with E-state index in [1.165, 1.54) is 11.1 Å². The van der Waals surface area contributed by atoms with Gasteiger partial charge in [0.2, 0.25) is 0 Å². The number of aliphatic hydroxyl groups excluding tert-OH is 1. The van der Waals surface area contributed by atoms with Crippen LogP contribution in [-0.4, -0.2) is 12.2 Å². The number of benzene rings is 2. The van der Waals surface area contributed by atoms with Crippen molar-refractivity contribution in [2.45, 2.75) is 32.9 Å². The van der Waals surface area contributed by atoms with Gasteiger partial charge in [0.1, 0.15) is 0 Å². The summed E-state index contributed by atoms with van der Waals surface area (Å²) in [5.74, 6) is 0. The van der Waals surface area contributed by atoms with Crippen molar-refractivity contribution < 1.29 is 5.11 Å². The summed E-state index contributed by atoms with van der Waals surface area (Å²) in [4.78, 5) is 2.22. The molecule has 0 aliphatic heterocycles. The molecule has 0 spiro atoms. The molecule has 2 aromatic carbocycles. The molecule has 106 valence electrons. The zero-order chi connectivity index (χ0) is 14.5. The van der Waals surface area contributed by atoms with Gasteiger partial charge in [-0.25, -0.2) is 0 Å². The SMILES string of the molecule is CC[C@@H](O)c1ccc(N(C)Cc2ccc(C)cc2)cc1. The molecule has 0 fully saturated rings. The number of nitrogens with zero attached hydrogens (tertiary/aromatic N) is 1. The molecule has 0 aliphatic carbocycles. The van der Waals surface area contributed by atoms with Crippen molar-refractivity contribution in [3.05, 3.63) is 65.2 Å². The fourth-order valence-electron chi connectivity index (χ4n) is 2.25. The maximum Gasteiger partial charge on any atom is 0.0787 e. The molecule has 1 N–H and O–H groups in total. The molecule has 0 radical (unpaired) electrons. The van der Waals surface area contributed by atoms with Crippen LogP contribution in [0.2, 0.25) is 0 Å². The highest BCUT2D eigenvalue weighted by Crippen LogP contribution is 2.21. The highest BCUT2D eigenvalue weighted by atomic mass is 16.3. The van der Waals surface area contributed by atoms with Gasteiger partial charge in [-0.15, -0.1) is 0 Å². The number of hydrogen-bond donors (Lipinski definition) is 1. The predicted octanol–water partition coefficient (Wildman–Crippen LogP) is 4.07. The maximum atomic E-state index is 9.81. The number of hydrogen-bond acceptors (Lipinski definition) is 2. The Labute approximate surface area is 121 Å². The second kappa shape index (κ2) is 6.58. The van der Waals surface area contributed by atoms with Crippen LogP contribution in [0.5, 0.6) is 0 Å². The average molecular weight is 269 g/mol. The van der Waals surface area contributed by atoms with Gasteiger partial charge in [0.25, 0.3) is 0 Å². The van der Waals surface area contributed by atoms with Crippen LogP contribution < -0.4 is 4.90 Å². The van der Waals surface area contributed by atoms with Crippen molar-refractivity contribution >= 4 is 5.69 Å². The molecule has 0 saturated heterocycles. The summed E-state index contributed by atoms with van der Waals surface area (Å²) in [6.07, 6.45) is 0.393. The van der Waals surface area contributed by atoms with E-state index in [9.17, 15) is 5.11 Å². The Morgan fingerprint density at radius 3 is 2.15 bits per heavy atom. The van der Waals surface area contributed by atoms with Crippen LogP contribution in [0.1, 0.15) is 36.1 Å². The van der Waals surface area contributed by atoms with Gasteiger partial charge in [0.05, 0.1) is 6.10 Å². The Kier molecular flexibility index (Phi) is 4.80. The van der Waals surface area contributed by atoms with Crippen molar-refractivity contribution in [2.24, 2.45) is 0 Å². The molecule has 0 saturated carbocycles. The molecule has 2 rings (SSSR count). The first-order valence-corrected chi connectivity index (χ1v) is 7.15. The van der Waals surface area contributed by atoms with E-state index in [1.54, 1.807) is 0 Å². The molecule has 2 heteroatoms. The van der Waals surface area contributed by atoms with Gasteiger partial charge >= 0.3 is 0 Å². The van der Waals surface area contributed by atoms with E-state index < -0.39 is 0 Å². The first-order chi connectivity index (χ1) is 9.60. The smallest absolute Gasteiger partial charge is 0.0787 e. The first-order valence-electron chi connectivity index (χ1n) is 7.15. The molecule has 2 aromatic rings. The second-order valence-corrected chi connectivity index (χ2v) is 5.36. The molecule has 20 heavy (non-hydrogen) atoms. The molecular weight excluding hydrogens is 246 g/mol. The summed E-state index contributed by atoms with van der Waals surface area (Å²) in [6.45, 7) is 4.98. The van der Waals surface area contributed by atoms with Crippen molar-refractivity contribution in [2.75, 3.05) is 11.9 Å². The van der Waals surface area contributed by atoms with Crippen LogP contribution >= 0.6 is 0 Å². The van der Waals surface area contributed by atoms with Gasteiger partial charge < -0.3 is 10.0 Å². The molecule has 0 bridgehead atoms. The molecule has 2 nitrogen and oxygen atoms in total. The number of anilines is 1. The van der Waals surface area contributed by atoms with Crippen LogP contribution in [0.3, 0.4) is 0 Å². The minimum atomic E-state index is -0.355. The van der Waals surface area contributed by atoms with Crippen molar-refractivity contribution in [1.29, 1.82) is 0 Å². The third-order valence-corrected chi connectivity index (χ3v) is 3.65. The maximum absolute atomic E-state index is 9.81. The molecule has 0 amide bonds. The monoisotopic (exact) mass is 269 g/mol. The van der Waals surface area contributed by atoms with E-state index in [1.807, 2.05) is 19.1 Å². The summed E-state index contributed by atoms with van der Waals surface area (Å²) in [7, 11) is 2.09. The van der Waals surface area contributed by atoms with Crippen LogP contribution in [0.4, 0.5) is 5.69 Å². The third kappa shape index (κ3) is 3.61. The van der Waals surface area contributed by atoms with E-state index in [-0.39, 0.29) is 6.10 Å². The van der Waals surface area contributed by atoms with Gasteiger partial charge in [0, 0.05) is 19.3 Å². The van der Waals surface area contributed by atoms with Gasteiger partial charge in [-0.3, -0.25) is 0 Å². The van der Waals surface area contributed by atoms with Crippen molar-refractivity contribution in [1.82, 2.24) is 0 Å². The van der Waals surface area contributed by atoms with E-state index in [4.69, 9.17) is 0 Å². The zero-order valence-corrected chi connectivity index (χ0v) is 12.5. The average Bonchev–Trinajstić information content (AvgIpc) is 2.49. The molecule has 0 aliphatic rings. The lowest BCUT2D eigenvalue weighted by molar-refractivity contribution is 0.173. The fourth-order valence-corrected chi connectivity index (χ4v) is 2.25. The van der Waals surface area contributed by atoms with E-state index in [0.29, 0.717) is 0 Å². The summed E-state index contributed by atoms with van der Waals surface area (Å²) in [5.41, 5.74) is 4.74. The summed E-state index contributed by atoms with van der Waals surface area (Å²) < 4.78 is 0. The second-order valence-electron chi connectivity index (χ2n) is 5.36. The molecule has 0 aromatic heterocycles. The minimum Gasteiger partial charge on any atom is -0.388 e. The Hall–Kier alpha value is -1.80. The largest absolute Gasteiger partial charge is 0.388 e. The van der Waals surface area contributed by atoms with Gasteiger partial charge in [-0.2, -0.15) is 0 Å². The first kappa shape index (κ1) is 14.6. The van der Waals surface area contributed by atoms with Gasteiger partial charge in [0.15, 0.2) is 0 Å². The van der Waals surface area contributed by atoms with Crippen molar-refractivity contribution in [3.63, 3.8) is 0 Å². The lowest BCUT2D eigenvalue weighted by atomic mass is 10.1. The number of aryl methyl sites for hydroxylation is 1. The standard InChI is InChI=1S/C18H23NO/c1-4-18(20)16-9-11-17(12-10-16)19(3)13-15-7-5-14(2)6-8-15/h5-12,18,20H,4,13H2,1-3H3/t18-/m1/s1. The number of aliphatic hydroxyl groups is 1. The molecule has 0 heterocycles. The Morgan fingerprint density at radius 2 is 1.60 bits per heavy atom. The van der Waals surface area contributed by atoms with Gasteiger partial charge in [-0.05, 0) is 36.6 Å². The van der Waals surface area contributed by atoms with Crippen LogP contribution in [0.25, 0.3) is 0 Å². The van der Waals surface area contributed by atoms with Crippen LogP contribution in [0, 0.1) is 6.92 Å². The highest BCUT2D eigenvalue weighted by molar-refractivity contribution is 5.47. The molecule has 1 atom stereocenters. The van der Waals surface area contributed by atoms with E-state index in [2.05, 4.69) is 55.3 Å². The minimum absolute atomic E-state index is 0.355. The Morgan fingerprint density at radius 1 is 1.00 bits per heavy atom. The van der Waals surface area contributed by atoms with Crippen LogP contribution in [-0.2, 0) is 6.54 Å². The molecular formula is C18H23NO. The van der Waals surface area contributed by atoms with Crippen LogP contribution in [0.15, 0.2) is 48.5 Å². The summed E-state index contributed by atoms with van der Waals surface area (Å²) in [6, 6.07) is 16.8. The van der Waals surface area contributed by atoms with Crippen molar-refractivity contribution in [3.8, 4) is 0 Å².